The van der Waals surface area contributed by atoms with Gasteiger partial charge in [-0.25, -0.2) is 0 Å². The summed E-state index contributed by atoms with van der Waals surface area (Å²) in [5.74, 6) is 0. The maximum Gasteiger partial charge on any atom is 0.488 e. The molecule has 6 aromatic rings. The van der Waals surface area contributed by atoms with E-state index >= 15 is 0 Å². The van der Waals surface area contributed by atoms with E-state index in [1.165, 1.54) is 20.2 Å². The number of hydrogen-bond donors (Lipinski definition) is 2. The van der Waals surface area contributed by atoms with E-state index in [0.717, 1.165) is 32.7 Å². The highest BCUT2D eigenvalue weighted by Gasteiger charge is 2.18. The molecule has 1 heterocycles. The van der Waals surface area contributed by atoms with Crippen LogP contribution in [0, 0.1) is 0 Å². The highest BCUT2D eigenvalue weighted by Crippen LogP contribution is 2.42. The largest absolute Gasteiger partial charge is 0.488 e. The van der Waals surface area contributed by atoms with E-state index in [1.807, 2.05) is 24.3 Å². The molecule has 0 fully saturated rings. The SMILES string of the molecule is OB(O)c1cc(-c2cccc3c2sc2ccccc23)c2ccc3ccccc3c2c1. The number of thiophene rings is 1. The van der Waals surface area contributed by atoms with Gasteiger partial charge in [-0.05, 0) is 38.6 Å². The zero-order valence-electron chi connectivity index (χ0n) is 16.0. The first-order valence-electron chi connectivity index (χ1n) is 9.93. The van der Waals surface area contributed by atoms with Gasteiger partial charge in [0.05, 0.1) is 0 Å². The van der Waals surface area contributed by atoms with Crippen LogP contribution in [0.3, 0.4) is 0 Å². The van der Waals surface area contributed by atoms with Gasteiger partial charge < -0.3 is 10.0 Å². The van der Waals surface area contributed by atoms with Crippen molar-refractivity contribution in [2.75, 3.05) is 0 Å². The third-order valence-corrected chi connectivity index (χ3v) is 7.10. The molecular formula is C26H17BO2S. The van der Waals surface area contributed by atoms with Crippen molar-refractivity contribution in [3.8, 4) is 11.1 Å². The molecule has 30 heavy (non-hydrogen) atoms. The van der Waals surface area contributed by atoms with Crippen molar-refractivity contribution in [2.45, 2.75) is 0 Å². The summed E-state index contributed by atoms with van der Waals surface area (Å²) < 4.78 is 2.48. The molecule has 0 amide bonds. The minimum absolute atomic E-state index is 0.506. The van der Waals surface area contributed by atoms with Crippen molar-refractivity contribution in [1.82, 2.24) is 0 Å². The number of fused-ring (bicyclic) bond motifs is 6. The Bertz CT molecular complexity index is 1580. The minimum Gasteiger partial charge on any atom is -0.423 e. The lowest BCUT2D eigenvalue weighted by molar-refractivity contribution is 0.426. The predicted molar refractivity (Wildman–Crippen MR) is 130 cm³/mol. The Morgan fingerprint density at radius 3 is 2.20 bits per heavy atom. The molecule has 0 atom stereocenters. The highest BCUT2D eigenvalue weighted by molar-refractivity contribution is 7.26. The Morgan fingerprint density at radius 2 is 1.33 bits per heavy atom. The summed E-state index contributed by atoms with van der Waals surface area (Å²) in [6.45, 7) is 0. The summed E-state index contributed by atoms with van der Waals surface area (Å²) in [4.78, 5) is 0. The van der Waals surface area contributed by atoms with Crippen molar-refractivity contribution in [3.63, 3.8) is 0 Å². The van der Waals surface area contributed by atoms with E-state index in [0.29, 0.717) is 5.46 Å². The Morgan fingerprint density at radius 1 is 0.567 bits per heavy atom. The van der Waals surface area contributed by atoms with Gasteiger partial charge in [-0.2, -0.15) is 0 Å². The van der Waals surface area contributed by atoms with Crippen LogP contribution < -0.4 is 5.46 Å². The van der Waals surface area contributed by atoms with Crippen LogP contribution in [0.15, 0.2) is 91.0 Å². The third kappa shape index (κ3) is 2.59. The van der Waals surface area contributed by atoms with Crippen molar-refractivity contribution in [1.29, 1.82) is 0 Å². The summed E-state index contributed by atoms with van der Waals surface area (Å²) >= 11 is 1.78. The molecule has 2 N–H and O–H groups in total. The van der Waals surface area contributed by atoms with Crippen LogP contribution in [0.2, 0.25) is 0 Å². The van der Waals surface area contributed by atoms with Crippen LogP contribution in [-0.2, 0) is 0 Å². The monoisotopic (exact) mass is 404 g/mol. The lowest BCUT2D eigenvalue weighted by Gasteiger charge is -2.13. The molecule has 0 radical (unpaired) electrons. The second kappa shape index (κ2) is 6.68. The third-order valence-electron chi connectivity index (χ3n) is 5.88. The normalized spacial score (nSPS) is 11.7. The Labute approximate surface area is 177 Å². The molecule has 4 heteroatoms. The standard InChI is InChI=1S/C26H17BO2S/c28-27(29)17-14-23-18-7-2-1-6-16(18)12-13-19(23)24(15-17)22-10-5-9-21-20-8-3-4-11-25(20)30-26(21)22/h1-15,28-29H. The molecule has 0 aliphatic rings. The van der Waals surface area contributed by atoms with Crippen LogP contribution in [0.4, 0.5) is 0 Å². The van der Waals surface area contributed by atoms with Gasteiger partial charge in [-0.1, -0.05) is 84.9 Å². The molecule has 0 aliphatic heterocycles. The fourth-order valence-corrected chi connectivity index (χ4v) is 5.70. The van der Waals surface area contributed by atoms with Gasteiger partial charge in [0.1, 0.15) is 0 Å². The lowest BCUT2D eigenvalue weighted by atomic mass is 9.77. The summed E-state index contributed by atoms with van der Waals surface area (Å²) in [5.41, 5.74) is 2.65. The maximum atomic E-state index is 10.0. The molecule has 0 unspecified atom stereocenters. The van der Waals surface area contributed by atoms with Crippen LogP contribution in [-0.4, -0.2) is 17.2 Å². The number of hydrogen-bond acceptors (Lipinski definition) is 3. The first-order chi connectivity index (χ1) is 14.7. The molecule has 0 bridgehead atoms. The van der Waals surface area contributed by atoms with Crippen LogP contribution >= 0.6 is 11.3 Å². The van der Waals surface area contributed by atoms with E-state index in [9.17, 15) is 10.0 Å². The average molecular weight is 404 g/mol. The fourth-order valence-electron chi connectivity index (χ4n) is 4.47. The molecule has 0 saturated heterocycles. The van der Waals surface area contributed by atoms with Gasteiger partial charge in [0.2, 0.25) is 0 Å². The van der Waals surface area contributed by atoms with Gasteiger partial charge in [-0.3, -0.25) is 0 Å². The summed E-state index contributed by atoms with van der Waals surface area (Å²) in [5, 5.41) is 26.9. The lowest BCUT2D eigenvalue weighted by Crippen LogP contribution is -2.29. The molecule has 6 rings (SSSR count). The number of rotatable bonds is 2. The maximum absolute atomic E-state index is 10.0. The summed E-state index contributed by atoms with van der Waals surface area (Å²) in [6.07, 6.45) is 0. The molecule has 0 spiro atoms. The van der Waals surface area contributed by atoms with E-state index in [2.05, 4.69) is 66.7 Å². The van der Waals surface area contributed by atoms with Gasteiger partial charge in [0.15, 0.2) is 0 Å². The highest BCUT2D eigenvalue weighted by atomic mass is 32.1. The smallest absolute Gasteiger partial charge is 0.423 e. The molecule has 142 valence electrons. The molecule has 0 saturated carbocycles. The Hall–Kier alpha value is -3.18. The fraction of sp³-hybridized carbons (Fsp3) is 0. The van der Waals surface area contributed by atoms with Gasteiger partial charge in [0, 0.05) is 25.7 Å². The second-order valence-electron chi connectivity index (χ2n) is 7.60. The molecular weight excluding hydrogens is 387 g/mol. The molecule has 1 aromatic heterocycles. The van der Waals surface area contributed by atoms with E-state index < -0.39 is 7.12 Å². The number of benzene rings is 5. The van der Waals surface area contributed by atoms with Gasteiger partial charge in [0.25, 0.3) is 0 Å². The zero-order chi connectivity index (χ0) is 20.2. The van der Waals surface area contributed by atoms with Crippen molar-refractivity contribution >= 4 is 65.6 Å². The van der Waals surface area contributed by atoms with Crippen molar-refractivity contribution in [3.05, 3.63) is 91.0 Å². The second-order valence-corrected chi connectivity index (χ2v) is 8.66. The molecule has 5 aromatic carbocycles. The van der Waals surface area contributed by atoms with Crippen LogP contribution in [0.5, 0.6) is 0 Å². The van der Waals surface area contributed by atoms with Crippen molar-refractivity contribution in [2.24, 2.45) is 0 Å². The van der Waals surface area contributed by atoms with Crippen molar-refractivity contribution < 1.29 is 10.0 Å². The zero-order valence-corrected chi connectivity index (χ0v) is 16.9. The predicted octanol–water partition coefficient (Wildman–Crippen LogP) is 5.71. The quantitative estimate of drug-likeness (QED) is 0.287. The van der Waals surface area contributed by atoms with E-state index in [-0.39, 0.29) is 0 Å². The van der Waals surface area contributed by atoms with Gasteiger partial charge >= 0.3 is 7.12 Å². The Kier molecular flexibility index (Phi) is 3.93. The summed E-state index contributed by atoms with van der Waals surface area (Å²) in [6, 6.07) is 31.2. The first-order valence-corrected chi connectivity index (χ1v) is 10.7. The van der Waals surface area contributed by atoms with Gasteiger partial charge in [-0.15, -0.1) is 11.3 Å². The first kappa shape index (κ1) is 17.7. The van der Waals surface area contributed by atoms with E-state index in [1.54, 1.807) is 11.3 Å². The van der Waals surface area contributed by atoms with E-state index in [4.69, 9.17) is 0 Å². The molecule has 2 nitrogen and oxygen atoms in total. The summed E-state index contributed by atoms with van der Waals surface area (Å²) in [7, 11) is -1.52. The minimum atomic E-state index is -1.52. The molecule has 0 aliphatic carbocycles. The Balaban J connectivity index is 1.77. The average Bonchev–Trinajstić information content (AvgIpc) is 3.17. The topological polar surface area (TPSA) is 40.5 Å². The van der Waals surface area contributed by atoms with Crippen LogP contribution in [0.1, 0.15) is 0 Å². The van der Waals surface area contributed by atoms with Crippen LogP contribution in [0.25, 0.3) is 52.8 Å².